The topological polar surface area (TPSA) is 127 Å². The van der Waals surface area contributed by atoms with Gasteiger partial charge in [-0.25, -0.2) is 0 Å². The Balaban J connectivity index is 2.04. The van der Waals surface area contributed by atoms with Crippen molar-refractivity contribution in [1.29, 1.82) is 0 Å². The highest BCUT2D eigenvalue weighted by Gasteiger charge is 2.22. The summed E-state index contributed by atoms with van der Waals surface area (Å²) in [5.41, 5.74) is 0. The third kappa shape index (κ3) is 6.55. The molecule has 0 aliphatic carbocycles. The largest absolute Gasteiger partial charge is 0.480 e. The molecule has 1 unspecified atom stereocenters. The molecule has 25 heavy (non-hydrogen) atoms. The van der Waals surface area contributed by atoms with Crippen LogP contribution in [0.1, 0.15) is 6.92 Å². The van der Waals surface area contributed by atoms with Crippen molar-refractivity contribution in [3.63, 3.8) is 0 Å². The lowest BCUT2D eigenvalue weighted by atomic mass is 10.4. The van der Waals surface area contributed by atoms with Crippen LogP contribution >= 0.6 is 23.5 Å². The predicted molar refractivity (Wildman–Crippen MR) is 93.3 cm³/mol. The first-order chi connectivity index (χ1) is 11.9. The highest BCUT2D eigenvalue weighted by Crippen LogP contribution is 2.26. The van der Waals surface area contributed by atoms with Gasteiger partial charge < -0.3 is 5.11 Å². The quantitative estimate of drug-likeness (QED) is 0.647. The first kappa shape index (κ1) is 18.9. The van der Waals surface area contributed by atoms with E-state index in [9.17, 15) is 14.4 Å². The number of tetrazole rings is 1. The Morgan fingerprint density at radius 3 is 2.64 bits per heavy atom. The number of aromatic nitrogens is 4. The Labute approximate surface area is 151 Å². The minimum Gasteiger partial charge on any atom is -0.480 e. The molecule has 0 radical (unpaired) electrons. The summed E-state index contributed by atoms with van der Waals surface area (Å²) < 4.78 is 0. The number of anilines is 1. The van der Waals surface area contributed by atoms with Crippen molar-refractivity contribution in [3.05, 3.63) is 30.3 Å². The normalized spacial score (nSPS) is 11.7. The molecule has 0 bridgehead atoms. The van der Waals surface area contributed by atoms with Crippen molar-refractivity contribution >= 4 is 46.5 Å². The molecule has 9 nitrogen and oxygen atoms in total. The average Bonchev–Trinajstić information content (AvgIpc) is 2.98. The molecule has 1 aromatic carbocycles. The molecule has 0 saturated carbocycles. The van der Waals surface area contributed by atoms with Crippen LogP contribution in [0.5, 0.6) is 0 Å². The van der Waals surface area contributed by atoms with Crippen LogP contribution in [0, 0.1) is 0 Å². The van der Waals surface area contributed by atoms with E-state index in [1.807, 2.05) is 30.3 Å². The highest BCUT2D eigenvalue weighted by atomic mass is 32.2. The number of benzene rings is 1. The second-order valence-corrected chi connectivity index (χ2v) is 7.22. The molecule has 132 valence electrons. The second kappa shape index (κ2) is 9.18. The molecular weight excluding hydrogens is 366 g/mol. The first-order valence-corrected chi connectivity index (χ1v) is 8.96. The number of carboxylic acids is 1. The second-order valence-electron chi connectivity index (χ2n) is 4.75. The molecule has 0 aliphatic rings. The molecule has 1 aromatic heterocycles. The van der Waals surface area contributed by atoms with E-state index >= 15 is 0 Å². The molecule has 0 fully saturated rings. The van der Waals surface area contributed by atoms with E-state index in [1.54, 1.807) is 0 Å². The average molecular weight is 381 g/mol. The zero-order valence-electron chi connectivity index (χ0n) is 13.2. The highest BCUT2D eigenvalue weighted by molar-refractivity contribution is 8.14. The SMILES string of the molecule is CC(=O)SCC(Sc1ccccc1)C(=O)Nc1nnn(CC(=O)O)n1. The monoisotopic (exact) mass is 381 g/mol. The first-order valence-electron chi connectivity index (χ1n) is 7.09. The molecule has 0 aliphatic heterocycles. The molecule has 1 atom stereocenters. The van der Waals surface area contributed by atoms with Crippen LogP contribution in [0.3, 0.4) is 0 Å². The Kier molecular flexibility index (Phi) is 6.95. The Morgan fingerprint density at radius 1 is 1.28 bits per heavy atom. The van der Waals surface area contributed by atoms with Crippen LogP contribution in [0.4, 0.5) is 5.95 Å². The van der Waals surface area contributed by atoms with Gasteiger partial charge >= 0.3 is 5.97 Å². The van der Waals surface area contributed by atoms with Gasteiger partial charge in [0.05, 0.1) is 5.25 Å². The zero-order chi connectivity index (χ0) is 18.2. The van der Waals surface area contributed by atoms with Gasteiger partial charge in [0.1, 0.15) is 0 Å². The summed E-state index contributed by atoms with van der Waals surface area (Å²) in [5.74, 6) is -1.31. The van der Waals surface area contributed by atoms with Gasteiger partial charge in [-0.2, -0.15) is 4.80 Å². The minimum absolute atomic E-state index is 0.0854. The smallest absolute Gasteiger partial charge is 0.327 e. The number of rotatable bonds is 8. The Hall–Kier alpha value is -2.40. The Bertz CT molecular complexity index is 753. The molecule has 2 N–H and O–H groups in total. The summed E-state index contributed by atoms with van der Waals surface area (Å²) in [7, 11) is 0. The van der Waals surface area contributed by atoms with E-state index in [2.05, 4.69) is 20.7 Å². The maximum absolute atomic E-state index is 12.5. The molecular formula is C14H15N5O4S2. The third-order valence-electron chi connectivity index (χ3n) is 2.72. The zero-order valence-corrected chi connectivity index (χ0v) is 14.8. The van der Waals surface area contributed by atoms with E-state index in [-0.39, 0.29) is 16.8 Å². The number of thioether (sulfide) groups is 2. The van der Waals surface area contributed by atoms with Crippen molar-refractivity contribution < 1.29 is 19.5 Å². The van der Waals surface area contributed by atoms with Gasteiger partial charge in [-0.1, -0.05) is 35.1 Å². The Morgan fingerprint density at radius 2 is 2.00 bits per heavy atom. The van der Waals surface area contributed by atoms with Gasteiger partial charge in [0, 0.05) is 17.6 Å². The summed E-state index contributed by atoms with van der Waals surface area (Å²) >= 11 is 2.36. The molecule has 11 heteroatoms. The lowest BCUT2D eigenvalue weighted by Gasteiger charge is -2.14. The van der Waals surface area contributed by atoms with Gasteiger partial charge in [-0.15, -0.1) is 16.9 Å². The lowest BCUT2D eigenvalue weighted by molar-refractivity contribution is -0.138. The number of nitrogens with one attached hydrogen (secondary N) is 1. The third-order valence-corrected chi connectivity index (χ3v) is 5.04. The van der Waals surface area contributed by atoms with Gasteiger partial charge in [-0.05, 0) is 17.3 Å². The fourth-order valence-corrected chi connectivity index (χ4v) is 3.51. The van der Waals surface area contributed by atoms with E-state index < -0.39 is 23.7 Å². The van der Waals surface area contributed by atoms with Crippen LogP contribution in [0.25, 0.3) is 0 Å². The molecule has 1 heterocycles. The number of carbonyl (C=O) groups excluding carboxylic acids is 2. The number of hydrogen-bond acceptors (Lipinski definition) is 8. The van der Waals surface area contributed by atoms with E-state index in [1.165, 1.54) is 18.7 Å². The maximum Gasteiger partial charge on any atom is 0.327 e. The summed E-state index contributed by atoms with van der Waals surface area (Å²) in [4.78, 5) is 36.0. The lowest BCUT2D eigenvalue weighted by Crippen LogP contribution is -2.28. The number of amides is 1. The van der Waals surface area contributed by atoms with Crippen molar-refractivity contribution in [2.45, 2.75) is 23.6 Å². The van der Waals surface area contributed by atoms with Crippen molar-refractivity contribution in [3.8, 4) is 0 Å². The van der Waals surface area contributed by atoms with Crippen LogP contribution in [-0.2, 0) is 20.9 Å². The number of carboxylic acid groups (broad SMARTS) is 1. The van der Waals surface area contributed by atoms with Gasteiger partial charge in [0.2, 0.25) is 5.91 Å². The predicted octanol–water partition coefficient (Wildman–Crippen LogP) is 1.14. The van der Waals surface area contributed by atoms with Crippen molar-refractivity contribution in [2.75, 3.05) is 11.1 Å². The summed E-state index contributed by atoms with van der Waals surface area (Å²) in [6.07, 6.45) is 0. The fourth-order valence-electron chi connectivity index (χ4n) is 1.69. The minimum atomic E-state index is -1.12. The number of carbonyl (C=O) groups is 3. The van der Waals surface area contributed by atoms with Crippen LogP contribution in [0.2, 0.25) is 0 Å². The molecule has 2 aromatic rings. The van der Waals surface area contributed by atoms with Gasteiger partial charge in [0.25, 0.3) is 5.95 Å². The van der Waals surface area contributed by atoms with Crippen molar-refractivity contribution in [1.82, 2.24) is 20.2 Å². The number of nitrogens with zero attached hydrogens (tertiary/aromatic N) is 4. The maximum atomic E-state index is 12.5. The number of hydrogen-bond donors (Lipinski definition) is 2. The van der Waals surface area contributed by atoms with E-state index in [4.69, 9.17) is 5.11 Å². The number of aliphatic carboxylic acids is 1. The molecule has 2 rings (SSSR count). The van der Waals surface area contributed by atoms with Crippen LogP contribution in [-0.4, -0.2) is 53.3 Å². The summed E-state index contributed by atoms with van der Waals surface area (Å²) in [6, 6.07) is 9.31. The summed E-state index contributed by atoms with van der Waals surface area (Å²) in [6.45, 7) is 0.983. The molecule has 0 saturated heterocycles. The van der Waals surface area contributed by atoms with Gasteiger partial charge in [-0.3, -0.25) is 19.7 Å². The van der Waals surface area contributed by atoms with E-state index in [0.717, 1.165) is 21.5 Å². The standard InChI is InChI=1S/C14H15N5O4S2/c1-9(20)24-8-11(25-10-5-3-2-4-6-10)13(23)15-14-16-18-19(17-14)7-12(21)22/h2-6,11H,7-8H2,1H3,(H,21,22)(H,15,17,23). The van der Waals surface area contributed by atoms with Gasteiger partial charge in [0.15, 0.2) is 11.7 Å². The fraction of sp³-hybridized carbons (Fsp3) is 0.286. The molecule has 0 spiro atoms. The summed E-state index contributed by atoms with van der Waals surface area (Å²) in [5, 5.41) is 21.4. The molecule has 1 amide bonds. The van der Waals surface area contributed by atoms with Crippen LogP contribution in [0.15, 0.2) is 35.2 Å². The van der Waals surface area contributed by atoms with Crippen LogP contribution < -0.4 is 5.32 Å². The van der Waals surface area contributed by atoms with E-state index in [0.29, 0.717) is 0 Å². The van der Waals surface area contributed by atoms with Crippen molar-refractivity contribution in [2.24, 2.45) is 0 Å².